The lowest BCUT2D eigenvalue weighted by molar-refractivity contribution is 0.0681. The smallest absolute Gasteiger partial charge is 0.255 e. The van der Waals surface area contributed by atoms with E-state index in [0.717, 1.165) is 20.1 Å². The molecule has 1 amide bonds. The van der Waals surface area contributed by atoms with Gasteiger partial charge in [0.15, 0.2) is 0 Å². The van der Waals surface area contributed by atoms with Crippen molar-refractivity contribution in [3.63, 3.8) is 0 Å². The van der Waals surface area contributed by atoms with Gasteiger partial charge in [-0.2, -0.15) is 0 Å². The first kappa shape index (κ1) is 14.5. The maximum absolute atomic E-state index is 12.1. The molecule has 1 aliphatic carbocycles. The Morgan fingerprint density at radius 1 is 1.56 bits per heavy atom. The first-order valence-corrected chi connectivity index (χ1v) is 8.26. The molecular formula is C12H15Br2NO2S. The van der Waals surface area contributed by atoms with Gasteiger partial charge in [-0.15, -0.1) is 11.3 Å². The number of thiophene rings is 1. The van der Waals surface area contributed by atoms with E-state index in [1.54, 1.807) is 11.9 Å². The summed E-state index contributed by atoms with van der Waals surface area (Å²) in [7, 11) is 1.81. The molecule has 3 nitrogen and oxygen atoms in total. The van der Waals surface area contributed by atoms with Gasteiger partial charge in [0.2, 0.25) is 0 Å². The molecule has 0 atom stereocenters. The zero-order valence-corrected chi connectivity index (χ0v) is 14.1. The first-order chi connectivity index (χ1) is 8.58. The Morgan fingerprint density at radius 3 is 2.83 bits per heavy atom. The standard InChI is InChI=1S/C12H15Br2NO2S/c1-15(4-5-17-7-8-2-3-8)12(16)9-6-10(13)18-11(9)14/h6,8H,2-5,7H2,1H3. The fraction of sp³-hybridized carbons (Fsp3) is 0.583. The summed E-state index contributed by atoms with van der Waals surface area (Å²) in [6.45, 7) is 2.09. The molecule has 1 aliphatic rings. The van der Waals surface area contributed by atoms with E-state index in [4.69, 9.17) is 4.74 Å². The minimum Gasteiger partial charge on any atom is -0.379 e. The Labute approximate surface area is 128 Å². The molecule has 0 saturated heterocycles. The Balaban J connectivity index is 1.78. The molecular weight excluding hydrogens is 382 g/mol. The van der Waals surface area contributed by atoms with E-state index in [2.05, 4.69) is 31.9 Å². The van der Waals surface area contributed by atoms with Gasteiger partial charge >= 0.3 is 0 Å². The SMILES string of the molecule is CN(CCOCC1CC1)C(=O)c1cc(Br)sc1Br. The van der Waals surface area contributed by atoms with Crippen LogP contribution in [0.15, 0.2) is 13.6 Å². The van der Waals surface area contributed by atoms with E-state index >= 15 is 0 Å². The number of ether oxygens (including phenoxy) is 1. The summed E-state index contributed by atoms with van der Waals surface area (Å²) >= 11 is 8.30. The van der Waals surface area contributed by atoms with Crippen molar-refractivity contribution in [2.45, 2.75) is 12.8 Å². The van der Waals surface area contributed by atoms with E-state index < -0.39 is 0 Å². The summed E-state index contributed by atoms with van der Waals surface area (Å²) in [5.41, 5.74) is 0.705. The second kappa shape index (κ2) is 6.50. The molecule has 0 bridgehead atoms. The molecule has 0 N–H and O–H groups in total. The summed E-state index contributed by atoms with van der Waals surface area (Å²) in [5.74, 6) is 0.798. The third-order valence-corrected chi connectivity index (χ3v) is 5.19. The monoisotopic (exact) mass is 395 g/mol. The average Bonchev–Trinajstić information content (AvgIpc) is 3.08. The molecule has 1 fully saturated rings. The molecule has 1 saturated carbocycles. The summed E-state index contributed by atoms with van der Waals surface area (Å²) in [4.78, 5) is 13.8. The number of hydrogen-bond acceptors (Lipinski definition) is 3. The number of nitrogens with zero attached hydrogens (tertiary/aromatic N) is 1. The first-order valence-electron chi connectivity index (χ1n) is 5.86. The quantitative estimate of drug-likeness (QED) is 0.685. The molecule has 0 radical (unpaired) electrons. The molecule has 0 aliphatic heterocycles. The molecule has 6 heteroatoms. The Kier molecular flexibility index (Phi) is 5.24. The highest BCUT2D eigenvalue weighted by Crippen LogP contribution is 2.32. The van der Waals surface area contributed by atoms with Crippen molar-refractivity contribution in [2.24, 2.45) is 5.92 Å². The van der Waals surface area contributed by atoms with Crippen LogP contribution >= 0.6 is 43.2 Å². The zero-order chi connectivity index (χ0) is 13.1. The number of carbonyl (C=O) groups is 1. The minimum absolute atomic E-state index is 0.0267. The van der Waals surface area contributed by atoms with Crippen LogP contribution < -0.4 is 0 Å². The normalized spacial score (nSPS) is 14.8. The maximum atomic E-state index is 12.1. The number of likely N-dealkylation sites (N-methyl/N-ethyl adjacent to an activating group) is 1. The lowest BCUT2D eigenvalue weighted by Gasteiger charge is -2.16. The van der Waals surface area contributed by atoms with Crippen molar-refractivity contribution in [1.29, 1.82) is 0 Å². The van der Waals surface area contributed by atoms with Gasteiger partial charge in [-0.1, -0.05) is 0 Å². The van der Waals surface area contributed by atoms with Crippen LogP contribution in [0.25, 0.3) is 0 Å². The van der Waals surface area contributed by atoms with Gasteiger partial charge in [-0.3, -0.25) is 4.79 Å². The molecule has 1 heterocycles. The van der Waals surface area contributed by atoms with Crippen molar-refractivity contribution in [3.8, 4) is 0 Å². The van der Waals surface area contributed by atoms with Gasteiger partial charge in [-0.25, -0.2) is 0 Å². The van der Waals surface area contributed by atoms with Crippen LogP contribution in [-0.2, 0) is 4.74 Å². The molecule has 2 rings (SSSR count). The van der Waals surface area contributed by atoms with E-state index in [1.165, 1.54) is 24.2 Å². The van der Waals surface area contributed by atoms with Crippen molar-refractivity contribution >= 4 is 49.1 Å². The van der Waals surface area contributed by atoms with Gasteiger partial charge < -0.3 is 9.64 Å². The highest BCUT2D eigenvalue weighted by Gasteiger charge is 2.21. The van der Waals surface area contributed by atoms with Crippen LogP contribution in [0.3, 0.4) is 0 Å². The van der Waals surface area contributed by atoms with Crippen LogP contribution in [0.1, 0.15) is 23.2 Å². The average molecular weight is 397 g/mol. The fourth-order valence-electron chi connectivity index (χ4n) is 1.53. The lowest BCUT2D eigenvalue weighted by atomic mass is 10.3. The molecule has 0 unspecified atom stereocenters. The molecule has 100 valence electrons. The number of hydrogen-bond donors (Lipinski definition) is 0. The van der Waals surface area contributed by atoms with E-state index in [9.17, 15) is 4.79 Å². The molecule has 1 aromatic heterocycles. The molecule has 1 aromatic rings. The van der Waals surface area contributed by atoms with Gasteiger partial charge in [0.25, 0.3) is 5.91 Å². The van der Waals surface area contributed by atoms with Crippen LogP contribution in [-0.4, -0.2) is 37.6 Å². The number of carbonyl (C=O) groups excluding carboxylic acids is 1. The molecule has 0 spiro atoms. The van der Waals surface area contributed by atoms with Gasteiger partial charge in [0.05, 0.1) is 19.7 Å². The number of rotatable bonds is 6. The Bertz CT molecular complexity index is 432. The Hall–Kier alpha value is 0.0900. The van der Waals surface area contributed by atoms with Gasteiger partial charge in [0, 0.05) is 20.2 Å². The second-order valence-corrected chi connectivity index (χ2v) is 8.23. The van der Waals surface area contributed by atoms with E-state index in [-0.39, 0.29) is 5.91 Å². The van der Waals surface area contributed by atoms with Crippen molar-refractivity contribution < 1.29 is 9.53 Å². The third kappa shape index (κ3) is 4.05. The van der Waals surface area contributed by atoms with Crippen LogP contribution in [0.4, 0.5) is 0 Å². The fourth-order valence-corrected chi connectivity index (χ4v) is 4.31. The van der Waals surface area contributed by atoms with E-state index in [1.807, 2.05) is 6.07 Å². The van der Waals surface area contributed by atoms with Crippen molar-refractivity contribution in [1.82, 2.24) is 4.90 Å². The van der Waals surface area contributed by atoms with Crippen molar-refractivity contribution in [2.75, 3.05) is 26.8 Å². The lowest BCUT2D eigenvalue weighted by Crippen LogP contribution is -2.30. The number of halogens is 2. The summed E-state index contributed by atoms with van der Waals surface area (Å²) < 4.78 is 7.36. The van der Waals surface area contributed by atoms with Crippen LogP contribution in [0, 0.1) is 5.92 Å². The van der Waals surface area contributed by atoms with Gasteiger partial charge in [-0.05, 0) is 56.7 Å². The predicted molar refractivity (Wildman–Crippen MR) is 80.2 cm³/mol. The minimum atomic E-state index is 0.0267. The van der Waals surface area contributed by atoms with Crippen molar-refractivity contribution in [3.05, 3.63) is 19.2 Å². The molecule has 0 aromatic carbocycles. The van der Waals surface area contributed by atoms with Crippen LogP contribution in [0.5, 0.6) is 0 Å². The van der Waals surface area contributed by atoms with E-state index in [0.29, 0.717) is 18.7 Å². The van der Waals surface area contributed by atoms with Gasteiger partial charge in [0.1, 0.15) is 0 Å². The third-order valence-electron chi connectivity index (χ3n) is 2.86. The summed E-state index contributed by atoms with van der Waals surface area (Å²) in [6, 6.07) is 1.85. The largest absolute Gasteiger partial charge is 0.379 e. The topological polar surface area (TPSA) is 29.5 Å². The zero-order valence-electron chi connectivity index (χ0n) is 10.1. The molecule has 18 heavy (non-hydrogen) atoms. The predicted octanol–water partition coefficient (Wildman–Crippen LogP) is 3.77. The van der Waals surface area contributed by atoms with Crippen LogP contribution in [0.2, 0.25) is 0 Å². The maximum Gasteiger partial charge on any atom is 0.255 e. The number of amides is 1. The highest BCUT2D eigenvalue weighted by atomic mass is 79.9. The second-order valence-electron chi connectivity index (χ2n) is 4.48. The highest BCUT2D eigenvalue weighted by molar-refractivity contribution is 9.12. The summed E-state index contributed by atoms with van der Waals surface area (Å²) in [5, 5.41) is 0. The Morgan fingerprint density at radius 2 is 2.28 bits per heavy atom. The summed E-state index contributed by atoms with van der Waals surface area (Å²) in [6.07, 6.45) is 2.59.